The number of hydrogen-bond donors (Lipinski definition) is 9. The van der Waals surface area contributed by atoms with E-state index in [-0.39, 0.29) is 38.6 Å². The van der Waals surface area contributed by atoms with Crippen molar-refractivity contribution >= 4 is 53.2 Å². The van der Waals surface area contributed by atoms with Crippen LogP contribution >= 0.6 is 0 Å². The number of hydrogen-bond acceptors (Lipinski definition) is 9. The van der Waals surface area contributed by atoms with Gasteiger partial charge in [0.25, 0.3) is 0 Å². The average molecular weight is 674 g/mol. The summed E-state index contributed by atoms with van der Waals surface area (Å²) in [6, 6.07) is 3.66. The third-order valence-electron chi connectivity index (χ3n) is 6.95. The Morgan fingerprint density at radius 1 is 0.833 bits per heavy atom. The topological polar surface area (TPSA) is 276 Å². The second kappa shape index (κ2) is 19.9. The van der Waals surface area contributed by atoms with Crippen LogP contribution in [0.1, 0.15) is 43.7 Å². The number of carbonyl (C=O) groups excluding carboxylic acids is 9. The summed E-state index contributed by atoms with van der Waals surface area (Å²) in [6.45, 7) is 1.07. The lowest BCUT2D eigenvalue weighted by Crippen LogP contribution is -2.54. The summed E-state index contributed by atoms with van der Waals surface area (Å²) in [5, 5.41) is 19.4. The van der Waals surface area contributed by atoms with Crippen molar-refractivity contribution in [1.82, 2.24) is 42.5 Å². The fraction of sp³-hybridized carbons (Fsp3) is 0.500. The van der Waals surface area contributed by atoms with E-state index in [1.54, 1.807) is 12.1 Å². The molecule has 1 fully saturated rings. The third-order valence-corrected chi connectivity index (χ3v) is 6.95. The van der Waals surface area contributed by atoms with Gasteiger partial charge in [-0.3, -0.25) is 43.2 Å². The number of carbonyl (C=O) groups is 9. The van der Waals surface area contributed by atoms with Gasteiger partial charge in [-0.2, -0.15) is 0 Å². The van der Waals surface area contributed by atoms with Crippen molar-refractivity contribution in [3.8, 4) is 0 Å². The van der Waals surface area contributed by atoms with Crippen molar-refractivity contribution < 1.29 is 43.2 Å². The molecule has 0 radical (unpaired) electrons. The number of rotatable bonds is 6. The molecule has 262 valence electrons. The van der Waals surface area contributed by atoms with E-state index in [0.717, 1.165) is 5.56 Å². The van der Waals surface area contributed by atoms with Crippen LogP contribution in [0.5, 0.6) is 0 Å². The zero-order chi connectivity index (χ0) is 35.6. The van der Waals surface area contributed by atoms with Crippen LogP contribution in [0.4, 0.5) is 0 Å². The SMILES string of the molecule is CC(=O)NCC(=O)NC1CCCNC(=O)CCC(C(N)=O)NC(=O)CNC(=O)CNC(=O)C(Cc2cccc(C)c2)NC(=O)CNC1=O. The maximum Gasteiger partial charge on any atom is 0.243 e. The van der Waals surface area contributed by atoms with Gasteiger partial charge in [0, 0.05) is 26.3 Å². The first-order valence-electron chi connectivity index (χ1n) is 15.3. The molecule has 18 nitrogen and oxygen atoms in total. The Morgan fingerprint density at radius 2 is 1.50 bits per heavy atom. The van der Waals surface area contributed by atoms with E-state index in [0.29, 0.717) is 5.56 Å². The number of nitrogens with one attached hydrogen (secondary N) is 8. The second-order valence-electron chi connectivity index (χ2n) is 11.1. The molecule has 0 saturated carbocycles. The molecule has 48 heavy (non-hydrogen) atoms. The minimum atomic E-state index is -1.21. The lowest BCUT2D eigenvalue weighted by Gasteiger charge is -2.21. The zero-order valence-corrected chi connectivity index (χ0v) is 26.9. The van der Waals surface area contributed by atoms with E-state index >= 15 is 0 Å². The van der Waals surface area contributed by atoms with Gasteiger partial charge < -0.3 is 48.3 Å². The summed E-state index contributed by atoms with van der Waals surface area (Å²) in [4.78, 5) is 111. The van der Waals surface area contributed by atoms with E-state index < -0.39 is 97.5 Å². The van der Waals surface area contributed by atoms with Crippen molar-refractivity contribution in [2.75, 3.05) is 32.7 Å². The molecule has 1 aromatic carbocycles. The van der Waals surface area contributed by atoms with E-state index in [1.807, 2.05) is 19.1 Å². The van der Waals surface area contributed by atoms with E-state index in [1.165, 1.54) is 6.92 Å². The molecule has 2 rings (SSSR count). The number of benzene rings is 1. The van der Waals surface area contributed by atoms with Gasteiger partial charge in [0.15, 0.2) is 0 Å². The Bertz CT molecular complexity index is 1390. The lowest BCUT2D eigenvalue weighted by molar-refractivity contribution is -0.132. The van der Waals surface area contributed by atoms with E-state index in [2.05, 4.69) is 42.5 Å². The average Bonchev–Trinajstić information content (AvgIpc) is 3.02. The third kappa shape index (κ3) is 15.2. The highest BCUT2D eigenvalue weighted by atomic mass is 16.2. The highest BCUT2D eigenvalue weighted by Gasteiger charge is 2.25. The maximum atomic E-state index is 13.1. The fourth-order valence-corrected chi connectivity index (χ4v) is 4.50. The molecule has 3 atom stereocenters. The minimum Gasteiger partial charge on any atom is -0.368 e. The molecule has 0 aromatic heterocycles. The number of aryl methyl sites for hydroxylation is 1. The summed E-state index contributed by atoms with van der Waals surface area (Å²) in [6.07, 6.45) is -0.0595. The standard InChI is InChI=1S/C30H43N9O9/c1-17-5-3-6-19(11-17)12-22-30(48)35-13-24(42)34-15-26(44)37-20(28(31)46)8-9-23(41)32-10-4-7-21(29(47)36-16-27(45)39-22)38-25(43)14-33-18(2)40/h3,5-6,11,20-22H,4,7-10,12-16H2,1-2H3,(H2,31,46)(H,32,41)(H,33,40)(H,34,42)(H,35,48)(H,36,47)(H,37,44)(H,38,43)(H,39,45). The van der Waals surface area contributed by atoms with Crippen molar-refractivity contribution in [2.45, 2.75) is 64.1 Å². The number of primary amides is 1. The minimum absolute atomic E-state index is 0.0267. The highest BCUT2D eigenvalue weighted by Crippen LogP contribution is 2.08. The highest BCUT2D eigenvalue weighted by molar-refractivity contribution is 5.95. The first-order chi connectivity index (χ1) is 22.7. The van der Waals surface area contributed by atoms with Crippen molar-refractivity contribution in [1.29, 1.82) is 0 Å². The van der Waals surface area contributed by atoms with Gasteiger partial charge >= 0.3 is 0 Å². The smallest absolute Gasteiger partial charge is 0.243 e. The Kier molecular flexibility index (Phi) is 16.0. The summed E-state index contributed by atoms with van der Waals surface area (Å²) in [7, 11) is 0. The van der Waals surface area contributed by atoms with Crippen LogP contribution in [0.15, 0.2) is 24.3 Å². The van der Waals surface area contributed by atoms with Crippen molar-refractivity contribution in [3.63, 3.8) is 0 Å². The van der Waals surface area contributed by atoms with Crippen LogP contribution in [0.2, 0.25) is 0 Å². The molecule has 1 aliphatic rings. The Labute approximate surface area is 276 Å². The second-order valence-corrected chi connectivity index (χ2v) is 11.1. The van der Waals surface area contributed by atoms with Crippen molar-refractivity contribution in [2.24, 2.45) is 5.73 Å². The van der Waals surface area contributed by atoms with Crippen LogP contribution in [0, 0.1) is 6.92 Å². The van der Waals surface area contributed by atoms with Gasteiger partial charge in [-0.25, -0.2) is 0 Å². The molecule has 1 saturated heterocycles. The Morgan fingerprint density at radius 3 is 2.19 bits per heavy atom. The predicted octanol–water partition coefficient (Wildman–Crippen LogP) is -4.35. The van der Waals surface area contributed by atoms with Crippen LogP contribution in [-0.4, -0.2) is 104 Å². The molecule has 1 heterocycles. The molecule has 1 aromatic rings. The fourth-order valence-electron chi connectivity index (χ4n) is 4.50. The van der Waals surface area contributed by atoms with Crippen LogP contribution in [0.25, 0.3) is 0 Å². The first kappa shape index (κ1) is 38.6. The molecule has 9 amide bonds. The van der Waals surface area contributed by atoms with Crippen LogP contribution in [-0.2, 0) is 49.6 Å². The quantitative estimate of drug-likeness (QED) is 0.141. The molecule has 3 unspecified atom stereocenters. The summed E-state index contributed by atoms with van der Waals surface area (Å²) in [5.74, 6) is -6.21. The monoisotopic (exact) mass is 673 g/mol. The van der Waals surface area contributed by atoms with Gasteiger partial charge in [0.2, 0.25) is 53.2 Å². The number of amides is 9. The Hall–Kier alpha value is -5.55. The molecular weight excluding hydrogens is 630 g/mol. The molecular formula is C30H43N9O9. The summed E-state index contributed by atoms with van der Waals surface area (Å²) in [5.41, 5.74) is 6.97. The van der Waals surface area contributed by atoms with Gasteiger partial charge in [-0.15, -0.1) is 0 Å². The summed E-state index contributed by atoms with van der Waals surface area (Å²) < 4.78 is 0. The van der Waals surface area contributed by atoms with Crippen molar-refractivity contribution in [3.05, 3.63) is 35.4 Å². The van der Waals surface area contributed by atoms with E-state index in [4.69, 9.17) is 5.73 Å². The largest absolute Gasteiger partial charge is 0.368 e. The summed E-state index contributed by atoms with van der Waals surface area (Å²) >= 11 is 0. The molecule has 1 aliphatic heterocycles. The Balaban J connectivity index is 2.24. The van der Waals surface area contributed by atoms with Gasteiger partial charge in [-0.05, 0) is 31.7 Å². The number of nitrogens with two attached hydrogens (primary N) is 1. The van der Waals surface area contributed by atoms with Gasteiger partial charge in [0.1, 0.15) is 18.1 Å². The van der Waals surface area contributed by atoms with Gasteiger partial charge in [-0.1, -0.05) is 29.8 Å². The zero-order valence-electron chi connectivity index (χ0n) is 26.9. The molecule has 0 bridgehead atoms. The normalized spacial score (nSPS) is 21.2. The maximum absolute atomic E-state index is 13.1. The predicted molar refractivity (Wildman–Crippen MR) is 169 cm³/mol. The molecule has 18 heteroatoms. The van der Waals surface area contributed by atoms with Crippen LogP contribution < -0.4 is 48.3 Å². The van der Waals surface area contributed by atoms with Gasteiger partial charge in [0.05, 0.1) is 26.2 Å². The first-order valence-corrected chi connectivity index (χ1v) is 15.3. The molecule has 0 spiro atoms. The molecule has 0 aliphatic carbocycles. The lowest BCUT2D eigenvalue weighted by atomic mass is 10.0. The van der Waals surface area contributed by atoms with Crippen LogP contribution in [0.3, 0.4) is 0 Å². The molecule has 10 N–H and O–H groups in total. The van der Waals surface area contributed by atoms with E-state index in [9.17, 15) is 43.2 Å².